The lowest BCUT2D eigenvalue weighted by Crippen LogP contribution is -2.06. The van der Waals surface area contributed by atoms with Crippen molar-refractivity contribution in [2.75, 3.05) is 7.11 Å². The van der Waals surface area contributed by atoms with E-state index < -0.39 is 23.5 Å². The first-order valence-electron chi connectivity index (χ1n) is 3.61. The molecule has 0 spiro atoms. The smallest absolute Gasteiger partial charge is 0.340 e. The highest BCUT2D eigenvalue weighted by Gasteiger charge is 2.22. The van der Waals surface area contributed by atoms with Gasteiger partial charge >= 0.3 is 5.97 Å². The predicted molar refractivity (Wildman–Crippen MR) is 42.7 cm³/mol. The van der Waals surface area contributed by atoms with E-state index in [0.717, 1.165) is 12.4 Å². The number of aromatic nitrogens is 1. The molecule has 0 aliphatic rings. The number of carbonyl (C=O) groups is 1. The van der Waals surface area contributed by atoms with Crippen LogP contribution < -0.4 is 4.74 Å². The molecule has 76 valence electrons. The number of halogens is 2. The zero-order valence-corrected chi connectivity index (χ0v) is 7.20. The first kappa shape index (κ1) is 10.4. The van der Waals surface area contributed by atoms with E-state index in [1.54, 1.807) is 0 Å². The topological polar surface area (TPSA) is 59.4 Å². The molecule has 0 fully saturated rings. The molecule has 1 aromatic rings. The molecule has 4 nitrogen and oxygen atoms in total. The molecule has 1 aromatic heterocycles. The number of hydrogen-bond donors (Lipinski definition) is 1. The maximum absolute atomic E-state index is 12.3. The van der Waals surface area contributed by atoms with E-state index in [-0.39, 0.29) is 5.75 Å². The molecule has 0 radical (unpaired) electrons. The Balaban J connectivity index is 3.35. The molecule has 0 aromatic carbocycles. The SMILES string of the molecule is COc1cncc(C(F)F)c1C(=O)O. The van der Waals surface area contributed by atoms with E-state index in [1.807, 2.05) is 0 Å². The van der Waals surface area contributed by atoms with E-state index in [2.05, 4.69) is 9.72 Å². The lowest BCUT2D eigenvalue weighted by molar-refractivity contribution is 0.0680. The van der Waals surface area contributed by atoms with Gasteiger partial charge in [-0.05, 0) is 0 Å². The first-order chi connectivity index (χ1) is 6.57. The van der Waals surface area contributed by atoms with E-state index >= 15 is 0 Å². The summed E-state index contributed by atoms with van der Waals surface area (Å²) in [6.07, 6.45) is -0.991. The average molecular weight is 203 g/mol. The summed E-state index contributed by atoms with van der Waals surface area (Å²) in [7, 11) is 1.19. The number of aromatic carboxylic acids is 1. The van der Waals surface area contributed by atoms with Crippen molar-refractivity contribution in [3.63, 3.8) is 0 Å². The van der Waals surface area contributed by atoms with Crippen LogP contribution in [-0.2, 0) is 0 Å². The second-order valence-electron chi connectivity index (χ2n) is 2.41. The molecule has 0 saturated heterocycles. The van der Waals surface area contributed by atoms with Crippen LogP contribution in [0.15, 0.2) is 12.4 Å². The number of carboxylic acids is 1. The highest BCUT2D eigenvalue weighted by Crippen LogP contribution is 2.28. The van der Waals surface area contributed by atoms with Gasteiger partial charge in [0.05, 0.1) is 18.9 Å². The van der Waals surface area contributed by atoms with E-state index in [9.17, 15) is 13.6 Å². The number of hydrogen-bond acceptors (Lipinski definition) is 3. The van der Waals surface area contributed by atoms with Crippen molar-refractivity contribution < 1.29 is 23.4 Å². The Bertz CT molecular complexity index is 354. The lowest BCUT2D eigenvalue weighted by Gasteiger charge is -2.08. The van der Waals surface area contributed by atoms with Crippen molar-refractivity contribution in [2.45, 2.75) is 6.43 Å². The van der Waals surface area contributed by atoms with E-state index in [1.165, 1.54) is 7.11 Å². The van der Waals surface area contributed by atoms with Crippen molar-refractivity contribution in [1.82, 2.24) is 4.98 Å². The fraction of sp³-hybridized carbons (Fsp3) is 0.250. The summed E-state index contributed by atoms with van der Waals surface area (Å²) in [5, 5.41) is 8.69. The van der Waals surface area contributed by atoms with Crippen molar-refractivity contribution in [3.8, 4) is 5.75 Å². The number of alkyl halides is 2. The summed E-state index contributed by atoms with van der Waals surface area (Å²) in [4.78, 5) is 14.1. The van der Waals surface area contributed by atoms with E-state index in [4.69, 9.17) is 5.11 Å². The summed E-state index contributed by atoms with van der Waals surface area (Å²) >= 11 is 0. The minimum absolute atomic E-state index is 0.171. The van der Waals surface area contributed by atoms with Gasteiger partial charge in [0.25, 0.3) is 6.43 Å². The predicted octanol–water partition coefficient (Wildman–Crippen LogP) is 1.73. The van der Waals surface area contributed by atoms with Crippen LogP contribution in [0.5, 0.6) is 5.75 Å². The molecule has 0 saturated carbocycles. The molecule has 0 aliphatic heterocycles. The third kappa shape index (κ3) is 1.78. The molecule has 0 atom stereocenters. The summed E-state index contributed by atoms with van der Waals surface area (Å²) in [5.74, 6) is -1.63. The Morgan fingerprint density at radius 3 is 2.64 bits per heavy atom. The van der Waals surface area contributed by atoms with Gasteiger partial charge in [-0.15, -0.1) is 0 Å². The summed E-state index contributed by atoms with van der Waals surface area (Å²) < 4.78 is 29.3. The van der Waals surface area contributed by atoms with Crippen LogP contribution >= 0.6 is 0 Å². The zero-order valence-electron chi connectivity index (χ0n) is 7.20. The van der Waals surface area contributed by atoms with Crippen LogP contribution in [-0.4, -0.2) is 23.2 Å². The van der Waals surface area contributed by atoms with Gasteiger partial charge in [-0.25, -0.2) is 13.6 Å². The Kier molecular flexibility index (Phi) is 2.95. The van der Waals surface area contributed by atoms with Crippen molar-refractivity contribution in [3.05, 3.63) is 23.5 Å². The zero-order chi connectivity index (χ0) is 10.7. The maximum atomic E-state index is 12.3. The Labute approximate surface area is 78.1 Å². The number of nitrogens with zero attached hydrogens (tertiary/aromatic N) is 1. The highest BCUT2D eigenvalue weighted by molar-refractivity contribution is 5.92. The fourth-order valence-electron chi connectivity index (χ4n) is 1.01. The van der Waals surface area contributed by atoms with Gasteiger partial charge in [-0.3, -0.25) is 4.98 Å². The standard InChI is InChI=1S/C8H7F2NO3/c1-14-5-3-11-2-4(7(9)10)6(5)8(12)13/h2-3,7H,1H3,(H,12,13). The van der Waals surface area contributed by atoms with Gasteiger partial charge in [0.15, 0.2) is 5.75 Å². The average Bonchev–Trinajstić information content (AvgIpc) is 2.16. The minimum Gasteiger partial charge on any atom is -0.494 e. The molecular weight excluding hydrogens is 196 g/mol. The minimum atomic E-state index is -2.89. The van der Waals surface area contributed by atoms with E-state index in [0.29, 0.717) is 0 Å². The van der Waals surface area contributed by atoms with Crippen LogP contribution in [0.1, 0.15) is 22.3 Å². The summed E-state index contributed by atoms with van der Waals surface area (Å²) in [6.45, 7) is 0. The molecule has 1 heterocycles. The Morgan fingerprint density at radius 2 is 2.21 bits per heavy atom. The third-order valence-corrected chi connectivity index (χ3v) is 1.61. The number of pyridine rings is 1. The third-order valence-electron chi connectivity index (χ3n) is 1.61. The number of methoxy groups -OCH3 is 1. The molecule has 1 rings (SSSR count). The largest absolute Gasteiger partial charge is 0.494 e. The first-order valence-corrected chi connectivity index (χ1v) is 3.61. The quantitative estimate of drug-likeness (QED) is 0.812. The van der Waals surface area contributed by atoms with Gasteiger partial charge < -0.3 is 9.84 Å². The molecular formula is C8H7F2NO3. The van der Waals surface area contributed by atoms with Gasteiger partial charge in [-0.2, -0.15) is 0 Å². The number of rotatable bonds is 3. The summed E-state index contributed by atoms with van der Waals surface area (Å²) in [6, 6.07) is 0. The van der Waals surface area contributed by atoms with Crippen LogP contribution in [0.2, 0.25) is 0 Å². The molecule has 0 aliphatic carbocycles. The lowest BCUT2D eigenvalue weighted by atomic mass is 10.1. The van der Waals surface area contributed by atoms with Crippen LogP contribution in [0, 0.1) is 0 Å². The van der Waals surface area contributed by atoms with Gasteiger partial charge in [0.2, 0.25) is 0 Å². The Hall–Kier alpha value is -1.72. The number of carboxylic acid groups (broad SMARTS) is 1. The van der Waals surface area contributed by atoms with Gasteiger partial charge in [0, 0.05) is 6.20 Å². The Morgan fingerprint density at radius 1 is 1.57 bits per heavy atom. The van der Waals surface area contributed by atoms with Crippen molar-refractivity contribution in [2.24, 2.45) is 0 Å². The number of ether oxygens (including phenoxy) is 1. The van der Waals surface area contributed by atoms with Crippen molar-refractivity contribution >= 4 is 5.97 Å². The molecule has 0 unspecified atom stereocenters. The maximum Gasteiger partial charge on any atom is 0.340 e. The normalized spacial score (nSPS) is 10.3. The molecule has 14 heavy (non-hydrogen) atoms. The fourth-order valence-corrected chi connectivity index (χ4v) is 1.01. The monoisotopic (exact) mass is 203 g/mol. The highest BCUT2D eigenvalue weighted by atomic mass is 19.3. The van der Waals surface area contributed by atoms with Crippen LogP contribution in [0.25, 0.3) is 0 Å². The van der Waals surface area contributed by atoms with Crippen molar-refractivity contribution in [1.29, 1.82) is 0 Å². The van der Waals surface area contributed by atoms with Gasteiger partial charge in [-0.1, -0.05) is 0 Å². The second-order valence-corrected chi connectivity index (χ2v) is 2.41. The molecule has 0 amide bonds. The molecule has 6 heteroatoms. The second kappa shape index (κ2) is 3.99. The molecule has 0 bridgehead atoms. The van der Waals surface area contributed by atoms with Crippen LogP contribution in [0.4, 0.5) is 8.78 Å². The summed E-state index contributed by atoms with van der Waals surface area (Å²) in [5.41, 5.74) is -1.19. The van der Waals surface area contributed by atoms with Gasteiger partial charge in [0.1, 0.15) is 5.56 Å². The molecule has 1 N–H and O–H groups in total. The van der Waals surface area contributed by atoms with Crippen LogP contribution in [0.3, 0.4) is 0 Å².